The van der Waals surface area contributed by atoms with E-state index in [-0.39, 0.29) is 0 Å². The van der Waals surface area contributed by atoms with Gasteiger partial charge in [-0.25, -0.2) is 4.79 Å². The fraction of sp³-hybridized carbons (Fsp3) is 0.412. The molecule has 22 heavy (non-hydrogen) atoms. The van der Waals surface area contributed by atoms with Gasteiger partial charge in [0.1, 0.15) is 0 Å². The lowest BCUT2D eigenvalue weighted by Gasteiger charge is -2.27. The van der Waals surface area contributed by atoms with Crippen LogP contribution in [0.15, 0.2) is 22.7 Å². The van der Waals surface area contributed by atoms with Crippen LogP contribution in [0, 0.1) is 13.8 Å². The second-order valence-electron chi connectivity index (χ2n) is 6.39. The molecule has 1 heterocycles. The molecule has 0 amide bonds. The number of nitrogens with zero attached hydrogens (tertiary/aromatic N) is 1. The number of carbonyl (C=O) groups is 1. The van der Waals surface area contributed by atoms with E-state index in [0.29, 0.717) is 5.56 Å². The zero-order chi connectivity index (χ0) is 16.7. The molecule has 1 aromatic heterocycles. The molecule has 0 aliphatic rings. The molecule has 4 nitrogen and oxygen atoms in total. The van der Waals surface area contributed by atoms with Gasteiger partial charge in [-0.2, -0.15) is 0 Å². The van der Waals surface area contributed by atoms with Gasteiger partial charge in [-0.15, -0.1) is 0 Å². The summed E-state index contributed by atoms with van der Waals surface area (Å²) in [6, 6.07) is 5.76. The number of hydrogen-bond donors (Lipinski definition) is 1. The van der Waals surface area contributed by atoms with E-state index < -0.39 is 17.7 Å². The molecule has 1 unspecified atom stereocenters. The first-order chi connectivity index (χ1) is 10.1. The van der Waals surface area contributed by atoms with E-state index in [1.807, 2.05) is 52.8 Å². The summed E-state index contributed by atoms with van der Waals surface area (Å²) in [6.45, 7) is 9.35. The third kappa shape index (κ3) is 3.47. The van der Waals surface area contributed by atoms with Gasteiger partial charge in [-0.3, -0.25) is 4.98 Å². The Labute approximate surface area is 138 Å². The Balaban J connectivity index is 2.67. The molecule has 0 fully saturated rings. The van der Waals surface area contributed by atoms with Gasteiger partial charge >= 0.3 is 5.97 Å². The molecule has 0 saturated carbocycles. The summed E-state index contributed by atoms with van der Waals surface area (Å²) in [4.78, 5) is 16.2. The summed E-state index contributed by atoms with van der Waals surface area (Å²) >= 11 is 3.55. The van der Waals surface area contributed by atoms with E-state index in [0.717, 1.165) is 26.6 Å². The maximum atomic E-state index is 11.7. The normalized spacial score (nSPS) is 13.4. The number of carboxylic acid groups (broad SMARTS) is 1. The molecule has 1 atom stereocenters. The number of ether oxygens (including phenoxy) is 1. The maximum absolute atomic E-state index is 11.7. The zero-order valence-corrected chi connectivity index (χ0v) is 15.0. The molecule has 1 N–H and O–H groups in total. The van der Waals surface area contributed by atoms with Gasteiger partial charge in [-0.05, 0) is 74.3 Å². The van der Waals surface area contributed by atoms with Crippen LogP contribution in [-0.2, 0) is 9.53 Å². The van der Waals surface area contributed by atoms with Crippen molar-refractivity contribution in [1.29, 1.82) is 0 Å². The summed E-state index contributed by atoms with van der Waals surface area (Å²) in [5.74, 6) is -1.00. The van der Waals surface area contributed by atoms with E-state index in [1.165, 1.54) is 0 Å². The molecular formula is C17H20BrNO3. The molecule has 0 bridgehead atoms. The SMILES string of the molecule is Cc1ccc2c(Br)c(C(OC(C)(C)C)C(=O)O)c(C)cc2n1. The van der Waals surface area contributed by atoms with Crippen molar-refractivity contribution in [3.05, 3.63) is 39.5 Å². The Morgan fingerprint density at radius 1 is 1.32 bits per heavy atom. The van der Waals surface area contributed by atoms with E-state index in [9.17, 15) is 9.90 Å². The van der Waals surface area contributed by atoms with Crippen LogP contribution in [0.2, 0.25) is 0 Å². The quantitative estimate of drug-likeness (QED) is 0.866. The van der Waals surface area contributed by atoms with Crippen molar-refractivity contribution >= 4 is 32.8 Å². The molecular weight excluding hydrogens is 346 g/mol. The Morgan fingerprint density at radius 3 is 2.50 bits per heavy atom. The standard InChI is InChI=1S/C17H20BrNO3/c1-9-8-12-11(7-6-10(2)19-12)14(18)13(9)15(16(20)21)22-17(3,4)5/h6-8,15H,1-5H3,(H,20,21). The number of rotatable bonds is 3. The molecule has 0 radical (unpaired) electrons. The number of aromatic nitrogens is 1. The van der Waals surface area contributed by atoms with Gasteiger partial charge in [0.15, 0.2) is 6.10 Å². The first kappa shape index (κ1) is 16.9. The first-order valence-corrected chi connectivity index (χ1v) is 7.86. The highest BCUT2D eigenvalue weighted by Crippen LogP contribution is 2.37. The number of fused-ring (bicyclic) bond motifs is 1. The monoisotopic (exact) mass is 365 g/mol. The lowest BCUT2D eigenvalue weighted by Crippen LogP contribution is -2.28. The summed E-state index contributed by atoms with van der Waals surface area (Å²) in [7, 11) is 0. The number of aliphatic carboxylic acids is 1. The van der Waals surface area contributed by atoms with Crippen LogP contribution in [0.4, 0.5) is 0 Å². The Bertz CT molecular complexity index is 735. The Morgan fingerprint density at radius 2 is 1.95 bits per heavy atom. The average Bonchev–Trinajstić information content (AvgIpc) is 2.35. The lowest BCUT2D eigenvalue weighted by atomic mass is 9.99. The maximum Gasteiger partial charge on any atom is 0.337 e. The van der Waals surface area contributed by atoms with Crippen LogP contribution in [-0.4, -0.2) is 21.7 Å². The summed E-state index contributed by atoms with van der Waals surface area (Å²) in [5, 5.41) is 10.5. The van der Waals surface area contributed by atoms with Crippen molar-refractivity contribution in [1.82, 2.24) is 4.98 Å². The van der Waals surface area contributed by atoms with Gasteiger partial charge in [0.05, 0.1) is 11.1 Å². The third-order valence-electron chi connectivity index (χ3n) is 3.27. The largest absolute Gasteiger partial charge is 0.479 e. The minimum absolute atomic E-state index is 0.560. The molecule has 0 aliphatic heterocycles. The van der Waals surface area contributed by atoms with Gasteiger partial charge in [-0.1, -0.05) is 0 Å². The van der Waals surface area contributed by atoms with Crippen molar-refractivity contribution in [2.75, 3.05) is 0 Å². The Kier molecular flexibility index (Phi) is 4.59. The van der Waals surface area contributed by atoms with Crippen molar-refractivity contribution in [2.24, 2.45) is 0 Å². The molecule has 118 valence electrons. The predicted molar refractivity (Wildman–Crippen MR) is 90.1 cm³/mol. The number of aryl methyl sites for hydroxylation is 2. The zero-order valence-electron chi connectivity index (χ0n) is 13.4. The average molecular weight is 366 g/mol. The smallest absolute Gasteiger partial charge is 0.337 e. The van der Waals surface area contributed by atoms with Gasteiger partial charge in [0.25, 0.3) is 0 Å². The summed E-state index contributed by atoms with van der Waals surface area (Å²) in [6.07, 6.45) is -1.03. The van der Waals surface area contributed by atoms with Gasteiger partial charge in [0.2, 0.25) is 0 Å². The second kappa shape index (κ2) is 5.97. The molecule has 5 heteroatoms. The highest BCUT2D eigenvalue weighted by Gasteiger charge is 2.30. The lowest BCUT2D eigenvalue weighted by molar-refractivity contribution is -0.160. The Hall–Kier alpha value is -1.46. The predicted octanol–water partition coefficient (Wildman–Crippen LogP) is 4.55. The fourth-order valence-electron chi connectivity index (χ4n) is 2.38. The van der Waals surface area contributed by atoms with E-state index in [2.05, 4.69) is 20.9 Å². The van der Waals surface area contributed by atoms with Crippen molar-refractivity contribution in [2.45, 2.75) is 46.3 Å². The summed E-state index contributed by atoms with van der Waals surface area (Å²) < 4.78 is 6.50. The topological polar surface area (TPSA) is 59.4 Å². The fourth-order valence-corrected chi connectivity index (χ4v) is 3.24. The summed E-state index contributed by atoms with van der Waals surface area (Å²) in [5.41, 5.74) is 2.69. The van der Waals surface area contributed by atoms with Crippen LogP contribution in [0.25, 0.3) is 10.9 Å². The molecule has 1 aromatic carbocycles. The van der Waals surface area contributed by atoms with E-state index in [1.54, 1.807) is 0 Å². The highest BCUT2D eigenvalue weighted by atomic mass is 79.9. The number of benzene rings is 1. The second-order valence-corrected chi connectivity index (χ2v) is 7.18. The molecule has 2 aromatic rings. The van der Waals surface area contributed by atoms with Gasteiger partial charge in [0, 0.05) is 21.1 Å². The minimum atomic E-state index is -1.03. The number of pyridine rings is 1. The van der Waals surface area contributed by atoms with Crippen molar-refractivity contribution < 1.29 is 14.6 Å². The number of hydrogen-bond acceptors (Lipinski definition) is 3. The van der Waals surface area contributed by atoms with Crippen LogP contribution in [0.3, 0.4) is 0 Å². The molecule has 2 rings (SSSR count). The highest BCUT2D eigenvalue weighted by molar-refractivity contribution is 9.10. The van der Waals surface area contributed by atoms with Crippen LogP contribution in [0.1, 0.15) is 43.7 Å². The molecule has 0 spiro atoms. The number of halogens is 1. The van der Waals surface area contributed by atoms with Crippen molar-refractivity contribution in [3.8, 4) is 0 Å². The van der Waals surface area contributed by atoms with E-state index >= 15 is 0 Å². The van der Waals surface area contributed by atoms with Crippen LogP contribution < -0.4 is 0 Å². The van der Waals surface area contributed by atoms with Crippen molar-refractivity contribution in [3.63, 3.8) is 0 Å². The van der Waals surface area contributed by atoms with E-state index in [4.69, 9.17) is 4.74 Å². The van der Waals surface area contributed by atoms with Crippen LogP contribution >= 0.6 is 15.9 Å². The number of carboxylic acids is 1. The minimum Gasteiger partial charge on any atom is -0.479 e. The molecule has 0 saturated heterocycles. The molecule has 0 aliphatic carbocycles. The van der Waals surface area contributed by atoms with Gasteiger partial charge < -0.3 is 9.84 Å². The third-order valence-corrected chi connectivity index (χ3v) is 4.13. The first-order valence-electron chi connectivity index (χ1n) is 7.07. The van der Waals surface area contributed by atoms with Crippen LogP contribution in [0.5, 0.6) is 0 Å².